The molecule has 11 heteroatoms. The molecular formula is C37H34F3NO7. The lowest BCUT2D eigenvalue weighted by Gasteiger charge is -2.29. The van der Waals surface area contributed by atoms with Gasteiger partial charge in [0, 0.05) is 18.3 Å². The standard InChI is InChI=1S/C37H34F3NO7/c1-4-46-34(44)36(35(45)47-5-2,27-11-7-6-8-12-27)24-48-32(42)23-25-15-21-29(22-16-25)41(3)33(43)31-14-10-9-13-30(31)26-17-19-28(20-18-26)37(38,39)40/h6-22H,4-5,23-24H2,1-3H3. The SMILES string of the molecule is CCOC(=O)C(COC(=O)Cc1ccc(N(C)C(=O)c2ccccc2-c2ccc(C(F)(F)F)cc2)cc1)(C(=O)OCC)c1ccccc1. The predicted molar refractivity (Wildman–Crippen MR) is 172 cm³/mol. The van der Waals surface area contributed by atoms with E-state index in [1.54, 1.807) is 99.8 Å². The lowest BCUT2D eigenvalue weighted by molar-refractivity contribution is -0.170. The highest BCUT2D eigenvalue weighted by Gasteiger charge is 2.52. The zero-order chi connectivity index (χ0) is 34.9. The molecule has 0 aromatic heterocycles. The van der Waals surface area contributed by atoms with Crippen LogP contribution >= 0.6 is 0 Å². The van der Waals surface area contributed by atoms with E-state index in [0.717, 1.165) is 12.1 Å². The first kappa shape index (κ1) is 35.4. The first-order valence-corrected chi connectivity index (χ1v) is 15.1. The van der Waals surface area contributed by atoms with Crippen molar-refractivity contribution < 1.29 is 46.6 Å². The number of esters is 3. The van der Waals surface area contributed by atoms with E-state index in [9.17, 15) is 32.3 Å². The van der Waals surface area contributed by atoms with Crippen LogP contribution in [0.5, 0.6) is 0 Å². The Morgan fingerprint density at radius 2 is 1.23 bits per heavy atom. The number of hydrogen-bond donors (Lipinski definition) is 0. The van der Waals surface area contributed by atoms with Gasteiger partial charge in [0.1, 0.15) is 6.61 Å². The molecule has 0 aliphatic heterocycles. The molecule has 1 amide bonds. The quantitative estimate of drug-likeness (QED) is 0.0936. The second-order valence-corrected chi connectivity index (χ2v) is 10.7. The molecule has 0 radical (unpaired) electrons. The van der Waals surface area contributed by atoms with Crippen LogP contribution in [0.25, 0.3) is 11.1 Å². The molecule has 0 aliphatic rings. The van der Waals surface area contributed by atoms with E-state index in [1.165, 1.54) is 17.0 Å². The van der Waals surface area contributed by atoms with Crippen LogP contribution in [0.2, 0.25) is 0 Å². The maximum absolute atomic E-state index is 13.5. The Balaban J connectivity index is 1.48. The first-order chi connectivity index (χ1) is 22.9. The third kappa shape index (κ3) is 7.91. The summed E-state index contributed by atoms with van der Waals surface area (Å²) in [5.74, 6) is -2.92. The van der Waals surface area contributed by atoms with Gasteiger partial charge in [0.15, 0.2) is 0 Å². The number of ether oxygens (including phenoxy) is 3. The fourth-order valence-electron chi connectivity index (χ4n) is 5.05. The Morgan fingerprint density at radius 1 is 0.667 bits per heavy atom. The van der Waals surface area contributed by atoms with Gasteiger partial charge >= 0.3 is 24.1 Å². The molecule has 4 rings (SSSR count). The Hall–Kier alpha value is -5.45. The van der Waals surface area contributed by atoms with E-state index >= 15 is 0 Å². The lowest BCUT2D eigenvalue weighted by atomic mass is 9.81. The van der Waals surface area contributed by atoms with Gasteiger partial charge in [-0.2, -0.15) is 13.2 Å². The largest absolute Gasteiger partial charge is 0.465 e. The normalized spacial score (nSPS) is 11.4. The van der Waals surface area contributed by atoms with Crippen LogP contribution in [-0.4, -0.2) is 50.7 Å². The molecule has 0 spiro atoms. The Kier molecular flexibility index (Phi) is 11.4. The van der Waals surface area contributed by atoms with E-state index in [4.69, 9.17) is 14.2 Å². The number of carbonyl (C=O) groups excluding carboxylic acids is 4. The van der Waals surface area contributed by atoms with Crippen molar-refractivity contribution in [2.45, 2.75) is 31.9 Å². The van der Waals surface area contributed by atoms with Crippen molar-refractivity contribution >= 4 is 29.5 Å². The molecule has 4 aromatic carbocycles. The second-order valence-electron chi connectivity index (χ2n) is 10.7. The van der Waals surface area contributed by atoms with Crippen molar-refractivity contribution in [2.75, 3.05) is 31.8 Å². The zero-order valence-corrected chi connectivity index (χ0v) is 26.6. The number of alkyl halides is 3. The fourth-order valence-corrected chi connectivity index (χ4v) is 5.05. The molecule has 0 saturated carbocycles. The minimum Gasteiger partial charge on any atom is -0.465 e. The van der Waals surface area contributed by atoms with E-state index in [-0.39, 0.29) is 30.8 Å². The van der Waals surface area contributed by atoms with Crippen LogP contribution in [-0.2, 0) is 46.6 Å². The molecule has 0 atom stereocenters. The number of rotatable bonds is 12. The van der Waals surface area contributed by atoms with Gasteiger partial charge < -0.3 is 19.1 Å². The Labute approximate surface area is 276 Å². The molecule has 0 aliphatic carbocycles. The van der Waals surface area contributed by atoms with Crippen molar-refractivity contribution in [3.05, 3.63) is 125 Å². The van der Waals surface area contributed by atoms with Crippen molar-refractivity contribution in [1.29, 1.82) is 0 Å². The molecule has 0 unspecified atom stereocenters. The average Bonchev–Trinajstić information content (AvgIpc) is 3.08. The minimum absolute atomic E-state index is 0.00922. The summed E-state index contributed by atoms with van der Waals surface area (Å²) in [4.78, 5) is 54.2. The van der Waals surface area contributed by atoms with Gasteiger partial charge in [-0.25, -0.2) is 0 Å². The van der Waals surface area contributed by atoms with Gasteiger partial charge in [-0.15, -0.1) is 0 Å². The first-order valence-electron chi connectivity index (χ1n) is 15.1. The Morgan fingerprint density at radius 3 is 1.79 bits per heavy atom. The molecule has 0 bridgehead atoms. The summed E-state index contributed by atoms with van der Waals surface area (Å²) in [5.41, 5.74) is -0.309. The van der Waals surface area contributed by atoms with Gasteiger partial charge in [0.05, 0.1) is 25.2 Å². The summed E-state index contributed by atoms with van der Waals surface area (Å²) in [6.07, 6.45) is -4.68. The summed E-state index contributed by atoms with van der Waals surface area (Å²) in [5, 5.41) is 0. The van der Waals surface area contributed by atoms with Crippen LogP contribution < -0.4 is 4.90 Å². The average molecular weight is 662 g/mol. The number of anilines is 1. The Bertz CT molecular complexity index is 1720. The third-order valence-electron chi connectivity index (χ3n) is 7.62. The van der Waals surface area contributed by atoms with Gasteiger partial charge in [0.2, 0.25) is 5.41 Å². The maximum atomic E-state index is 13.5. The summed E-state index contributed by atoms with van der Waals surface area (Å²) < 4.78 is 55.1. The lowest BCUT2D eigenvalue weighted by Crippen LogP contribution is -2.50. The minimum atomic E-state index is -4.48. The number of nitrogens with zero attached hydrogens (tertiary/aromatic N) is 1. The van der Waals surface area contributed by atoms with Gasteiger partial charge in [-0.05, 0) is 66.4 Å². The molecule has 0 N–H and O–H groups in total. The van der Waals surface area contributed by atoms with Gasteiger partial charge in [-0.1, -0.05) is 72.8 Å². The molecular weight excluding hydrogens is 627 g/mol. The van der Waals surface area contributed by atoms with Crippen LogP contribution in [0.1, 0.15) is 40.9 Å². The van der Waals surface area contributed by atoms with Crippen molar-refractivity contribution in [2.24, 2.45) is 0 Å². The van der Waals surface area contributed by atoms with Crippen molar-refractivity contribution in [1.82, 2.24) is 0 Å². The number of amides is 1. The van der Waals surface area contributed by atoms with Crippen LogP contribution in [0.4, 0.5) is 18.9 Å². The second kappa shape index (κ2) is 15.4. The number of halogens is 3. The van der Waals surface area contributed by atoms with E-state index in [0.29, 0.717) is 22.4 Å². The summed E-state index contributed by atoms with van der Waals surface area (Å²) >= 11 is 0. The summed E-state index contributed by atoms with van der Waals surface area (Å²) in [7, 11) is 1.56. The van der Waals surface area contributed by atoms with Crippen molar-refractivity contribution in [3.8, 4) is 11.1 Å². The number of hydrogen-bond acceptors (Lipinski definition) is 7. The topological polar surface area (TPSA) is 99.2 Å². The molecule has 0 saturated heterocycles. The molecule has 48 heavy (non-hydrogen) atoms. The van der Waals surface area contributed by atoms with E-state index in [1.807, 2.05) is 0 Å². The number of benzene rings is 4. The van der Waals surface area contributed by atoms with Crippen LogP contribution in [0.3, 0.4) is 0 Å². The highest BCUT2D eigenvalue weighted by molar-refractivity contribution is 6.10. The molecule has 8 nitrogen and oxygen atoms in total. The monoisotopic (exact) mass is 661 g/mol. The highest BCUT2D eigenvalue weighted by atomic mass is 19.4. The molecule has 250 valence electrons. The summed E-state index contributed by atoms with van der Waals surface area (Å²) in [6, 6.07) is 25.8. The molecule has 0 fully saturated rings. The van der Waals surface area contributed by atoms with Gasteiger partial charge in [-0.3, -0.25) is 19.2 Å². The van der Waals surface area contributed by atoms with Crippen molar-refractivity contribution in [3.63, 3.8) is 0 Å². The van der Waals surface area contributed by atoms with E-state index in [2.05, 4.69) is 0 Å². The summed E-state index contributed by atoms with van der Waals surface area (Å²) in [6.45, 7) is 2.53. The third-order valence-corrected chi connectivity index (χ3v) is 7.62. The van der Waals surface area contributed by atoms with E-state index < -0.39 is 47.6 Å². The predicted octanol–water partition coefficient (Wildman–Crippen LogP) is 6.80. The molecule has 0 heterocycles. The fraction of sp³-hybridized carbons (Fsp3) is 0.243. The smallest absolute Gasteiger partial charge is 0.416 e. The molecule has 4 aromatic rings. The van der Waals surface area contributed by atoms with Crippen LogP contribution in [0.15, 0.2) is 103 Å². The highest BCUT2D eigenvalue weighted by Crippen LogP contribution is 2.33. The zero-order valence-electron chi connectivity index (χ0n) is 26.6. The van der Waals surface area contributed by atoms with Crippen LogP contribution in [0, 0.1) is 0 Å². The number of carbonyl (C=O) groups is 4. The maximum Gasteiger partial charge on any atom is 0.416 e. The van der Waals surface area contributed by atoms with Gasteiger partial charge in [0.25, 0.3) is 5.91 Å².